The highest BCUT2D eigenvalue weighted by molar-refractivity contribution is 14.0. The van der Waals surface area contributed by atoms with Crippen molar-refractivity contribution in [1.82, 2.24) is 15.2 Å². The number of aliphatic imine (C=N–C) groups is 1. The number of likely N-dealkylation sites (tertiary alicyclic amines) is 1. The minimum Gasteiger partial charge on any atom is -0.357 e. The number of thiazole rings is 1. The van der Waals surface area contributed by atoms with Crippen molar-refractivity contribution in [3.05, 3.63) is 11.1 Å². The summed E-state index contributed by atoms with van der Waals surface area (Å²) in [6.45, 7) is 10.6. The van der Waals surface area contributed by atoms with Gasteiger partial charge in [0.05, 0.1) is 12.2 Å². The third-order valence-corrected chi connectivity index (χ3v) is 5.10. The van der Waals surface area contributed by atoms with E-state index in [4.69, 9.17) is 4.99 Å². The Morgan fingerprint density at radius 2 is 2.25 bits per heavy atom. The van der Waals surface area contributed by atoms with Crippen molar-refractivity contribution in [3.63, 3.8) is 0 Å². The Kier molecular flexibility index (Phi) is 9.33. The number of nitrogens with one attached hydrogen (secondary N) is 1. The quantitative estimate of drug-likeness (QED) is 0.396. The van der Waals surface area contributed by atoms with Gasteiger partial charge in [-0.25, -0.2) is 9.98 Å². The second kappa shape index (κ2) is 10.4. The average molecular weight is 465 g/mol. The van der Waals surface area contributed by atoms with Crippen LogP contribution < -0.4 is 10.2 Å². The zero-order valence-corrected chi connectivity index (χ0v) is 18.7. The summed E-state index contributed by atoms with van der Waals surface area (Å²) in [7, 11) is 4.05. The largest absolute Gasteiger partial charge is 0.357 e. The van der Waals surface area contributed by atoms with Gasteiger partial charge in [0, 0.05) is 39.1 Å². The fourth-order valence-corrected chi connectivity index (χ4v) is 3.79. The SMILES string of the molecule is CCNC(=NCc1csc(N(C)C)n1)N1CCC(CC(C)C)C1.I. The molecule has 5 nitrogen and oxygen atoms in total. The van der Waals surface area contributed by atoms with E-state index in [-0.39, 0.29) is 24.0 Å². The molecule has 0 radical (unpaired) electrons. The Labute approximate surface area is 168 Å². The number of anilines is 1. The van der Waals surface area contributed by atoms with Crippen molar-refractivity contribution >= 4 is 46.4 Å². The maximum atomic E-state index is 4.81. The van der Waals surface area contributed by atoms with Gasteiger partial charge in [-0.05, 0) is 31.6 Å². The summed E-state index contributed by atoms with van der Waals surface area (Å²) in [5, 5.41) is 6.58. The Morgan fingerprint density at radius 3 is 2.83 bits per heavy atom. The highest BCUT2D eigenvalue weighted by Gasteiger charge is 2.25. The van der Waals surface area contributed by atoms with Crippen LogP contribution in [0.4, 0.5) is 5.13 Å². The summed E-state index contributed by atoms with van der Waals surface area (Å²) in [4.78, 5) is 13.9. The number of nitrogens with zero attached hydrogens (tertiary/aromatic N) is 4. The molecule has 1 unspecified atom stereocenters. The summed E-state index contributed by atoms with van der Waals surface area (Å²) in [6.07, 6.45) is 2.60. The molecule has 0 bridgehead atoms. The van der Waals surface area contributed by atoms with Gasteiger partial charge >= 0.3 is 0 Å². The van der Waals surface area contributed by atoms with Crippen molar-refractivity contribution in [2.45, 2.75) is 40.2 Å². The predicted octanol–water partition coefficient (Wildman–Crippen LogP) is 3.66. The molecule has 1 saturated heterocycles. The summed E-state index contributed by atoms with van der Waals surface area (Å²) < 4.78 is 0. The van der Waals surface area contributed by atoms with Crippen molar-refractivity contribution in [1.29, 1.82) is 0 Å². The molecule has 0 saturated carbocycles. The Bertz CT molecular complexity index is 515. The van der Waals surface area contributed by atoms with Crippen molar-refractivity contribution in [2.24, 2.45) is 16.8 Å². The van der Waals surface area contributed by atoms with E-state index in [0.717, 1.165) is 48.3 Å². The van der Waals surface area contributed by atoms with Crippen LogP contribution in [0.15, 0.2) is 10.4 Å². The highest BCUT2D eigenvalue weighted by Crippen LogP contribution is 2.23. The van der Waals surface area contributed by atoms with Crippen molar-refractivity contribution in [3.8, 4) is 0 Å². The van der Waals surface area contributed by atoms with Gasteiger partial charge in [0.1, 0.15) is 0 Å². The number of halogens is 1. The first-order valence-electron chi connectivity index (χ1n) is 8.64. The summed E-state index contributed by atoms with van der Waals surface area (Å²) in [6, 6.07) is 0. The third kappa shape index (κ3) is 6.38. The minimum atomic E-state index is 0. The van der Waals surface area contributed by atoms with Gasteiger partial charge in [0.25, 0.3) is 0 Å². The second-order valence-corrected chi connectivity index (χ2v) is 7.75. The van der Waals surface area contributed by atoms with Gasteiger partial charge in [-0.2, -0.15) is 0 Å². The number of hydrogen-bond acceptors (Lipinski definition) is 4. The van der Waals surface area contributed by atoms with E-state index >= 15 is 0 Å². The first kappa shape index (κ1) is 21.5. The van der Waals surface area contributed by atoms with Crippen LogP contribution >= 0.6 is 35.3 Å². The van der Waals surface area contributed by atoms with Crippen LogP contribution in [0.3, 0.4) is 0 Å². The number of aromatic nitrogens is 1. The van der Waals surface area contributed by atoms with E-state index in [1.807, 2.05) is 19.0 Å². The smallest absolute Gasteiger partial charge is 0.194 e. The molecule has 138 valence electrons. The predicted molar refractivity (Wildman–Crippen MR) is 116 cm³/mol. The number of rotatable bonds is 6. The fourth-order valence-electron chi connectivity index (χ4n) is 3.04. The summed E-state index contributed by atoms with van der Waals surface area (Å²) >= 11 is 1.67. The van der Waals surface area contributed by atoms with E-state index in [0.29, 0.717) is 6.54 Å². The molecule has 0 aliphatic carbocycles. The van der Waals surface area contributed by atoms with Gasteiger partial charge in [-0.1, -0.05) is 13.8 Å². The highest BCUT2D eigenvalue weighted by atomic mass is 127. The van der Waals surface area contributed by atoms with Gasteiger partial charge < -0.3 is 15.1 Å². The molecule has 1 aliphatic heterocycles. The van der Waals surface area contributed by atoms with Crippen LogP contribution in [0.5, 0.6) is 0 Å². The topological polar surface area (TPSA) is 43.8 Å². The molecule has 1 aliphatic rings. The van der Waals surface area contributed by atoms with E-state index < -0.39 is 0 Å². The molecule has 2 rings (SSSR count). The van der Waals surface area contributed by atoms with Gasteiger partial charge in [-0.3, -0.25) is 0 Å². The van der Waals surface area contributed by atoms with Gasteiger partial charge in [-0.15, -0.1) is 35.3 Å². The average Bonchev–Trinajstić information content (AvgIpc) is 3.12. The molecule has 1 aromatic rings. The lowest BCUT2D eigenvalue weighted by molar-refractivity contribution is 0.403. The molecule has 2 heterocycles. The van der Waals surface area contributed by atoms with Gasteiger partial charge in [0.15, 0.2) is 11.1 Å². The maximum Gasteiger partial charge on any atom is 0.194 e. The van der Waals surface area contributed by atoms with Crippen LogP contribution in [-0.2, 0) is 6.54 Å². The molecule has 0 spiro atoms. The molecule has 1 fully saturated rings. The monoisotopic (exact) mass is 465 g/mol. The van der Waals surface area contributed by atoms with E-state index in [2.05, 4.69) is 41.4 Å². The molecule has 24 heavy (non-hydrogen) atoms. The minimum absolute atomic E-state index is 0. The molecule has 1 atom stereocenters. The standard InChI is InChI=1S/C17H31N5S.HI/c1-6-18-16(22-8-7-14(11-22)9-13(2)3)19-10-15-12-23-17(20-15)21(4)5;/h12-14H,6-11H2,1-5H3,(H,18,19);1H. The third-order valence-electron chi connectivity index (χ3n) is 4.04. The van der Waals surface area contributed by atoms with Crippen LogP contribution in [0.1, 0.15) is 39.3 Å². The molecular formula is C17H32IN5S. The Hall–Kier alpha value is -0.570. The van der Waals surface area contributed by atoms with Crippen molar-refractivity contribution < 1.29 is 0 Å². The van der Waals surface area contributed by atoms with Crippen molar-refractivity contribution in [2.75, 3.05) is 38.6 Å². The maximum absolute atomic E-state index is 4.81. The summed E-state index contributed by atoms with van der Waals surface area (Å²) in [5.74, 6) is 2.62. The van der Waals surface area contributed by atoms with Crippen LogP contribution in [0.25, 0.3) is 0 Å². The van der Waals surface area contributed by atoms with Crippen LogP contribution in [0.2, 0.25) is 0 Å². The number of hydrogen-bond donors (Lipinski definition) is 1. The lowest BCUT2D eigenvalue weighted by atomic mass is 9.97. The lowest BCUT2D eigenvalue weighted by Gasteiger charge is -2.22. The zero-order valence-electron chi connectivity index (χ0n) is 15.6. The molecule has 1 N–H and O–H groups in total. The molecule has 7 heteroatoms. The van der Waals surface area contributed by atoms with Crippen LogP contribution in [0, 0.1) is 11.8 Å². The molecule has 0 aromatic carbocycles. The zero-order chi connectivity index (χ0) is 16.8. The van der Waals surface area contributed by atoms with Gasteiger partial charge in [0.2, 0.25) is 0 Å². The van der Waals surface area contributed by atoms with E-state index in [9.17, 15) is 0 Å². The van der Waals surface area contributed by atoms with Crippen LogP contribution in [-0.4, -0.2) is 49.6 Å². The number of guanidine groups is 1. The first-order chi connectivity index (χ1) is 11.0. The van der Waals surface area contributed by atoms with E-state index in [1.54, 1.807) is 11.3 Å². The lowest BCUT2D eigenvalue weighted by Crippen LogP contribution is -2.40. The molecule has 1 aromatic heterocycles. The Morgan fingerprint density at radius 1 is 1.50 bits per heavy atom. The second-order valence-electron chi connectivity index (χ2n) is 6.92. The normalized spacial score (nSPS) is 18.0. The summed E-state index contributed by atoms with van der Waals surface area (Å²) in [5.41, 5.74) is 1.05. The fraction of sp³-hybridized carbons (Fsp3) is 0.765. The van der Waals surface area contributed by atoms with E-state index in [1.165, 1.54) is 12.8 Å². The molecule has 0 amide bonds. The molecular weight excluding hydrogens is 433 g/mol. The Balaban J connectivity index is 0.00000288. The first-order valence-corrected chi connectivity index (χ1v) is 9.52.